The van der Waals surface area contributed by atoms with Crippen LogP contribution in [-0.2, 0) is 10.0 Å². The average molecular weight is 319 g/mol. The Morgan fingerprint density at radius 2 is 2.05 bits per heavy atom. The summed E-state index contributed by atoms with van der Waals surface area (Å²) in [5.41, 5.74) is -0.757. The summed E-state index contributed by atoms with van der Waals surface area (Å²) in [7, 11) is -3.95. The number of nitrogens with one attached hydrogen (secondary N) is 1. The third-order valence-corrected chi connectivity index (χ3v) is 4.45. The van der Waals surface area contributed by atoms with E-state index in [0.29, 0.717) is 6.42 Å². The van der Waals surface area contributed by atoms with Gasteiger partial charge in [-0.15, -0.1) is 0 Å². The lowest BCUT2D eigenvalue weighted by Crippen LogP contribution is -2.27. The second-order valence-corrected chi connectivity index (χ2v) is 6.42. The van der Waals surface area contributed by atoms with E-state index in [2.05, 4.69) is 4.72 Å². The minimum absolute atomic E-state index is 0.0101. The quantitative estimate of drug-likeness (QED) is 0.702. The average Bonchev–Trinajstić information content (AvgIpc) is 2.40. The molecule has 6 nitrogen and oxygen atoms in total. The Hall–Kier alpha value is -1.51. The van der Waals surface area contributed by atoms with Crippen LogP contribution in [0.4, 0.5) is 4.39 Å². The SMILES string of the molecule is CCC(O)CCNS(=O)(=O)c1cc(C)c(F)c(C(=O)O)c1. The lowest BCUT2D eigenvalue weighted by Gasteiger charge is -2.11. The van der Waals surface area contributed by atoms with Gasteiger partial charge in [-0.3, -0.25) is 0 Å². The molecule has 0 saturated carbocycles. The van der Waals surface area contributed by atoms with Crippen LogP contribution in [0.5, 0.6) is 0 Å². The third-order valence-electron chi connectivity index (χ3n) is 3.01. The molecule has 0 amide bonds. The molecule has 0 saturated heterocycles. The van der Waals surface area contributed by atoms with Crippen molar-refractivity contribution in [3.05, 3.63) is 29.1 Å². The number of rotatable bonds is 7. The monoisotopic (exact) mass is 319 g/mol. The molecule has 0 heterocycles. The highest BCUT2D eigenvalue weighted by molar-refractivity contribution is 7.89. The van der Waals surface area contributed by atoms with Gasteiger partial charge in [-0.25, -0.2) is 22.3 Å². The number of aliphatic hydroxyl groups is 1. The summed E-state index contributed by atoms with van der Waals surface area (Å²) in [6.07, 6.45) is 0.125. The minimum atomic E-state index is -3.95. The highest BCUT2D eigenvalue weighted by Gasteiger charge is 2.21. The molecule has 8 heteroatoms. The van der Waals surface area contributed by atoms with Gasteiger partial charge in [-0.1, -0.05) is 6.92 Å². The van der Waals surface area contributed by atoms with Gasteiger partial charge in [-0.2, -0.15) is 0 Å². The van der Waals surface area contributed by atoms with Crippen LogP contribution in [0.3, 0.4) is 0 Å². The number of hydrogen-bond donors (Lipinski definition) is 3. The molecule has 0 spiro atoms. The molecule has 21 heavy (non-hydrogen) atoms. The normalized spacial score (nSPS) is 13.1. The lowest BCUT2D eigenvalue weighted by molar-refractivity contribution is 0.0691. The number of hydrogen-bond acceptors (Lipinski definition) is 4. The van der Waals surface area contributed by atoms with Gasteiger partial charge in [0.05, 0.1) is 16.6 Å². The van der Waals surface area contributed by atoms with Crippen molar-refractivity contribution in [1.29, 1.82) is 0 Å². The van der Waals surface area contributed by atoms with Gasteiger partial charge in [0.2, 0.25) is 10.0 Å². The maximum absolute atomic E-state index is 13.6. The zero-order chi connectivity index (χ0) is 16.2. The van der Waals surface area contributed by atoms with Crippen molar-refractivity contribution in [3.63, 3.8) is 0 Å². The highest BCUT2D eigenvalue weighted by atomic mass is 32.2. The molecule has 1 unspecified atom stereocenters. The van der Waals surface area contributed by atoms with Crippen LogP contribution >= 0.6 is 0 Å². The first-order chi connectivity index (χ1) is 9.69. The fourth-order valence-electron chi connectivity index (χ4n) is 1.69. The van der Waals surface area contributed by atoms with Gasteiger partial charge in [0.1, 0.15) is 5.82 Å². The summed E-state index contributed by atoms with van der Waals surface area (Å²) >= 11 is 0. The molecule has 1 rings (SSSR count). The van der Waals surface area contributed by atoms with Crippen molar-refractivity contribution in [1.82, 2.24) is 4.72 Å². The Kier molecular flexibility index (Phi) is 5.82. The number of halogens is 1. The number of sulfonamides is 1. The van der Waals surface area contributed by atoms with Crippen LogP contribution in [0.15, 0.2) is 17.0 Å². The van der Waals surface area contributed by atoms with Crippen molar-refractivity contribution in [2.45, 2.75) is 37.7 Å². The molecule has 0 aliphatic rings. The van der Waals surface area contributed by atoms with Crippen LogP contribution in [0.1, 0.15) is 35.7 Å². The van der Waals surface area contributed by atoms with Gasteiger partial charge < -0.3 is 10.2 Å². The summed E-state index contributed by atoms with van der Waals surface area (Å²) < 4.78 is 39.9. The van der Waals surface area contributed by atoms with Crippen LogP contribution in [0.25, 0.3) is 0 Å². The zero-order valence-corrected chi connectivity index (χ0v) is 12.6. The Balaban J connectivity index is 3.01. The number of carbonyl (C=O) groups is 1. The topological polar surface area (TPSA) is 104 Å². The van der Waals surface area contributed by atoms with E-state index >= 15 is 0 Å². The second-order valence-electron chi connectivity index (χ2n) is 4.66. The molecule has 0 aliphatic heterocycles. The van der Waals surface area contributed by atoms with Gasteiger partial charge in [-0.05, 0) is 37.5 Å². The molecule has 0 aromatic heterocycles. The largest absolute Gasteiger partial charge is 0.478 e. The molecule has 0 fully saturated rings. The van der Waals surface area contributed by atoms with Crippen molar-refractivity contribution in [2.24, 2.45) is 0 Å². The van der Waals surface area contributed by atoms with Crippen LogP contribution in [-0.4, -0.2) is 37.2 Å². The van der Waals surface area contributed by atoms with E-state index in [0.717, 1.165) is 12.1 Å². The van der Waals surface area contributed by atoms with E-state index in [4.69, 9.17) is 5.11 Å². The number of aryl methyl sites for hydroxylation is 1. The zero-order valence-electron chi connectivity index (χ0n) is 11.8. The van der Waals surface area contributed by atoms with Crippen LogP contribution in [0.2, 0.25) is 0 Å². The summed E-state index contributed by atoms with van der Waals surface area (Å²) in [5, 5.41) is 18.2. The summed E-state index contributed by atoms with van der Waals surface area (Å²) in [5.74, 6) is -2.49. The molecule has 118 valence electrons. The predicted molar refractivity (Wildman–Crippen MR) is 74.2 cm³/mol. The van der Waals surface area contributed by atoms with Gasteiger partial charge in [0.15, 0.2) is 0 Å². The fraction of sp³-hybridized carbons (Fsp3) is 0.462. The summed E-state index contributed by atoms with van der Waals surface area (Å²) in [4.78, 5) is 10.6. The van der Waals surface area contributed by atoms with E-state index in [-0.39, 0.29) is 23.4 Å². The van der Waals surface area contributed by atoms with Gasteiger partial charge in [0, 0.05) is 6.54 Å². The molecular formula is C13H18FNO5S. The first kappa shape index (κ1) is 17.5. The first-order valence-electron chi connectivity index (χ1n) is 6.40. The van der Waals surface area contributed by atoms with E-state index in [1.165, 1.54) is 6.92 Å². The molecule has 0 bridgehead atoms. The Labute approximate surface area is 122 Å². The molecule has 0 radical (unpaired) electrons. The van der Waals surface area contributed by atoms with E-state index in [9.17, 15) is 22.7 Å². The maximum Gasteiger partial charge on any atom is 0.338 e. The molecular weight excluding hydrogens is 301 g/mol. The van der Waals surface area contributed by atoms with Crippen molar-refractivity contribution >= 4 is 16.0 Å². The van der Waals surface area contributed by atoms with Crippen molar-refractivity contribution in [2.75, 3.05) is 6.54 Å². The Morgan fingerprint density at radius 3 is 2.57 bits per heavy atom. The standard InChI is InChI=1S/C13H18FNO5S/c1-3-9(16)4-5-15-21(19,20)10-6-8(2)12(14)11(7-10)13(17)18/h6-7,9,15-16H,3-5H2,1-2H3,(H,17,18). The summed E-state index contributed by atoms with van der Waals surface area (Å²) in [6.45, 7) is 3.07. The molecule has 0 aliphatic carbocycles. The Morgan fingerprint density at radius 1 is 1.43 bits per heavy atom. The third kappa shape index (κ3) is 4.48. The van der Waals surface area contributed by atoms with Gasteiger partial charge >= 0.3 is 5.97 Å². The number of aliphatic hydroxyl groups excluding tert-OH is 1. The smallest absolute Gasteiger partial charge is 0.338 e. The minimum Gasteiger partial charge on any atom is -0.478 e. The molecule has 1 aromatic rings. The molecule has 1 atom stereocenters. The number of aromatic carboxylic acids is 1. The van der Waals surface area contributed by atoms with Crippen molar-refractivity contribution in [3.8, 4) is 0 Å². The van der Waals surface area contributed by atoms with E-state index in [1.54, 1.807) is 6.92 Å². The van der Waals surface area contributed by atoms with E-state index in [1.807, 2.05) is 0 Å². The molecule has 1 aromatic carbocycles. The fourth-order valence-corrected chi connectivity index (χ4v) is 2.85. The number of carboxylic acids is 1. The first-order valence-corrected chi connectivity index (χ1v) is 7.88. The van der Waals surface area contributed by atoms with Gasteiger partial charge in [0.25, 0.3) is 0 Å². The van der Waals surface area contributed by atoms with Crippen LogP contribution < -0.4 is 4.72 Å². The predicted octanol–water partition coefficient (Wildman–Crippen LogP) is 1.27. The lowest BCUT2D eigenvalue weighted by atomic mass is 10.1. The van der Waals surface area contributed by atoms with E-state index < -0.39 is 33.5 Å². The maximum atomic E-state index is 13.6. The second kappa shape index (κ2) is 6.97. The number of carboxylic acid groups (broad SMARTS) is 1. The highest BCUT2D eigenvalue weighted by Crippen LogP contribution is 2.19. The van der Waals surface area contributed by atoms with Crippen molar-refractivity contribution < 1.29 is 27.8 Å². The number of benzene rings is 1. The summed E-state index contributed by atoms with van der Waals surface area (Å²) in [6, 6.07) is 1.85. The Bertz CT molecular complexity index is 630. The molecule has 3 N–H and O–H groups in total. The van der Waals surface area contributed by atoms with Crippen LogP contribution in [0, 0.1) is 12.7 Å².